The van der Waals surface area contributed by atoms with Crippen LogP contribution in [0.5, 0.6) is 0 Å². The normalized spacial score (nSPS) is 14.5. The predicted molar refractivity (Wildman–Crippen MR) is 154 cm³/mol. The number of halogens is 3. The van der Waals surface area contributed by atoms with E-state index < -0.39 is 34.6 Å². The molecule has 44 heavy (non-hydrogen) atoms. The fourth-order valence-electron chi connectivity index (χ4n) is 5.57. The second-order valence-corrected chi connectivity index (χ2v) is 10.6. The average molecular weight is 602 g/mol. The molecule has 1 amide bonds. The largest absolute Gasteiger partial charge is 0.465 e. The monoisotopic (exact) mass is 601 g/mol. The lowest BCUT2D eigenvalue weighted by Gasteiger charge is -2.37. The summed E-state index contributed by atoms with van der Waals surface area (Å²) in [5.41, 5.74) is 0.663. The lowest BCUT2D eigenvalue weighted by Crippen LogP contribution is -2.45. The van der Waals surface area contributed by atoms with E-state index in [1.54, 1.807) is 17.9 Å². The molecular formula is C32H26F3N5O4. The summed E-state index contributed by atoms with van der Waals surface area (Å²) in [5.74, 6) is -4.23. The molecule has 6 rings (SSSR count). The van der Waals surface area contributed by atoms with E-state index in [-0.39, 0.29) is 43.2 Å². The minimum absolute atomic E-state index is 0.0518. The first kappa shape index (κ1) is 29.0. The first-order valence-corrected chi connectivity index (χ1v) is 13.8. The van der Waals surface area contributed by atoms with Gasteiger partial charge in [0.2, 0.25) is 0 Å². The van der Waals surface area contributed by atoms with Gasteiger partial charge in [-0.3, -0.25) is 4.79 Å². The molecule has 0 spiro atoms. The molecule has 1 N–H and O–H groups in total. The lowest BCUT2D eigenvalue weighted by atomic mass is 9.88. The van der Waals surface area contributed by atoms with Gasteiger partial charge in [0.15, 0.2) is 0 Å². The maximum Gasteiger partial charge on any atom is 0.343 e. The Kier molecular flexibility index (Phi) is 7.38. The fourth-order valence-corrected chi connectivity index (χ4v) is 5.57. The van der Waals surface area contributed by atoms with Crippen LogP contribution in [-0.4, -0.2) is 62.1 Å². The van der Waals surface area contributed by atoms with Gasteiger partial charge in [-0.1, -0.05) is 35.5 Å². The number of nitrogens with zero attached hydrogens (tertiary/aromatic N) is 5. The van der Waals surface area contributed by atoms with Gasteiger partial charge in [-0.05, 0) is 43.5 Å². The number of hydrogen-bond acceptors (Lipinski definition) is 7. The second kappa shape index (κ2) is 11.2. The minimum Gasteiger partial charge on any atom is -0.465 e. The number of likely N-dealkylation sites (tertiary alicyclic amines) is 1. The summed E-state index contributed by atoms with van der Waals surface area (Å²) in [6, 6.07) is 15.4. The molecule has 1 saturated heterocycles. The molecule has 5 aromatic rings. The maximum absolute atomic E-state index is 14.5. The summed E-state index contributed by atoms with van der Waals surface area (Å²) in [5, 5.41) is 19.8. The van der Waals surface area contributed by atoms with Crippen molar-refractivity contribution in [3.05, 3.63) is 107 Å². The van der Waals surface area contributed by atoms with Crippen LogP contribution in [0.1, 0.15) is 44.8 Å². The van der Waals surface area contributed by atoms with Crippen LogP contribution in [0.3, 0.4) is 0 Å². The first-order chi connectivity index (χ1) is 21.1. The van der Waals surface area contributed by atoms with Gasteiger partial charge >= 0.3 is 5.97 Å². The number of aliphatic hydroxyl groups is 1. The number of hydrogen-bond donors (Lipinski definition) is 1. The topological polar surface area (TPSA) is 110 Å². The van der Waals surface area contributed by atoms with E-state index in [9.17, 15) is 27.9 Å². The zero-order valence-electron chi connectivity index (χ0n) is 23.7. The molecule has 3 aromatic carbocycles. The Morgan fingerprint density at radius 3 is 2.30 bits per heavy atom. The van der Waals surface area contributed by atoms with Gasteiger partial charge in [0.25, 0.3) is 5.91 Å². The molecule has 0 unspecified atom stereocenters. The van der Waals surface area contributed by atoms with Crippen LogP contribution in [-0.2, 0) is 10.3 Å². The molecule has 3 heterocycles. The Balaban J connectivity index is 1.26. The second-order valence-electron chi connectivity index (χ2n) is 10.6. The molecule has 1 fully saturated rings. The smallest absolute Gasteiger partial charge is 0.343 e. The number of benzene rings is 3. The minimum atomic E-state index is -1.48. The maximum atomic E-state index is 14.5. The highest BCUT2D eigenvalue weighted by molar-refractivity contribution is 6.09. The van der Waals surface area contributed by atoms with Crippen molar-refractivity contribution < 1.29 is 32.6 Å². The quantitative estimate of drug-likeness (QED) is 0.279. The number of piperidine rings is 1. The summed E-state index contributed by atoms with van der Waals surface area (Å²) in [6.07, 6.45) is 1.55. The highest BCUT2D eigenvalue weighted by atomic mass is 19.1. The van der Waals surface area contributed by atoms with E-state index in [4.69, 9.17) is 4.98 Å². The number of pyridine rings is 1. The van der Waals surface area contributed by atoms with Crippen molar-refractivity contribution in [3.63, 3.8) is 0 Å². The summed E-state index contributed by atoms with van der Waals surface area (Å²) < 4.78 is 48.8. The molecule has 12 heteroatoms. The van der Waals surface area contributed by atoms with Gasteiger partial charge < -0.3 is 14.7 Å². The zero-order valence-corrected chi connectivity index (χ0v) is 23.7. The van der Waals surface area contributed by atoms with Crippen LogP contribution >= 0.6 is 0 Å². The third-order valence-corrected chi connectivity index (χ3v) is 7.98. The van der Waals surface area contributed by atoms with Crippen LogP contribution in [0.25, 0.3) is 27.8 Å². The van der Waals surface area contributed by atoms with Crippen molar-refractivity contribution in [1.29, 1.82) is 0 Å². The van der Waals surface area contributed by atoms with Gasteiger partial charge in [0.1, 0.15) is 34.3 Å². The molecule has 1 aliphatic rings. The molecule has 0 saturated carbocycles. The number of rotatable bonds is 5. The number of carbonyl (C=O) groups is 2. The van der Waals surface area contributed by atoms with Gasteiger partial charge in [0, 0.05) is 36.2 Å². The highest BCUT2D eigenvalue weighted by Crippen LogP contribution is 2.35. The molecule has 2 aromatic heterocycles. The van der Waals surface area contributed by atoms with Crippen molar-refractivity contribution in [3.8, 4) is 16.9 Å². The Labute approximate surface area is 249 Å². The SMILES string of the molecule is COC(=O)c1c(F)cc(-n2cc(C3(O)CCN(C(=O)c4c(C)c(-c5ccccc5)nc5ccc(F)cc45)CC3)nn2)cc1F. The Morgan fingerprint density at radius 1 is 0.955 bits per heavy atom. The van der Waals surface area contributed by atoms with Crippen LogP contribution in [0.4, 0.5) is 13.2 Å². The Bertz CT molecular complexity index is 1900. The van der Waals surface area contributed by atoms with E-state index in [0.717, 1.165) is 29.5 Å². The number of esters is 1. The number of carbonyl (C=O) groups excluding carboxylic acids is 2. The number of aromatic nitrogens is 4. The molecule has 9 nitrogen and oxygen atoms in total. The molecular weight excluding hydrogens is 575 g/mol. The van der Waals surface area contributed by atoms with E-state index in [2.05, 4.69) is 15.0 Å². The Hall–Kier alpha value is -5.10. The van der Waals surface area contributed by atoms with E-state index >= 15 is 0 Å². The summed E-state index contributed by atoms with van der Waals surface area (Å²) >= 11 is 0. The van der Waals surface area contributed by atoms with Crippen molar-refractivity contribution in [2.75, 3.05) is 20.2 Å². The summed E-state index contributed by atoms with van der Waals surface area (Å²) in [4.78, 5) is 32.0. The third-order valence-electron chi connectivity index (χ3n) is 7.98. The van der Waals surface area contributed by atoms with E-state index in [0.29, 0.717) is 27.7 Å². The average Bonchev–Trinajstić information content (AvgIpc) is 3.52. The van der Waals surface area contributed by atoms with Crippen LogP contribution in [0.2, 0.25) is 0 Å². The highest BCUT2D eigenvalue weighted by Gasteiger charge is 2.39. The fraction of sp³-hybridized carbons (Fsp3) is 0.219. The van der Waals surface area contributed by atoms with Crippen LogP contribution in [0.15, 0.2) is 66.9 Å². The van der Waals surface area contributed by atoms with E-state index in [1.165, 1.54) is 18.3 Å². The number of fused-ring (bicyclic) bond motifs is 1. The van der Waals surface area contributed by atoms with Crippen molar-refractivity contribution in [2.45, 2.75) is 25.4 Å². The number of amides is 1. The predicted octanol–water partition coefficient (Wildman–Crippen LogP) is 5.12. The molecule has 0 atom stereocenters. The van der Waals surface area contributed by atoms with Gasteiger partial charge in [-0.15, -0.1) is 5.10 Å². The van der Waals surface area contributed by atoms with Crippen molar-refractivity contribution >= 4 is 22.8 Å². The first-order valence-electron chi connectivity index (χ1n) is 13.8. The Morgan fingerprint density at radius 2 is 1.64 bits per heavy atom. The zero-order chi connectivity index (χ0) is 31.2. The number of ether oxygens (including phenoxy) is 1. The van der Waals surface area contributed by atoms with E-state index in [1.807, 2.05) is 30.3 Å². The van der Waals surface area contributed by atoms with Crippen LogP contribution in [0, 0.1) is 24.4 Å². The number of methoxy groups -OCH3 is 1. The van der Waals surface area contributed by atoms with Gasteiger partial charge in [-0.2, -0.15) is 0 Å². The van der Waals surface area contributed by atoms with Gasteiger partial charge in [-0.25, -0.2) is 27.6 Å². The van der Waals surface area contributed by atoms with Crippen molar-refractivity contribution in [2.24, 2.45) is 0 Å². The molecule has 0 radical (unpaired) electrons. The lowest BCUT2D eigenvalue weighted by molar-refractivity contribution is -0.0244. The molecule has 0 bridgehead atoms. The standard InChI is InChI=1S/C32H26F3N5O4/c1-18-27(22-14-20(33)8-9-25(22)36-29(18)19-6-4-3-5-7-19)30(41)39-12-10-32(43,11-13-39)26-17-40(38-37-26)21-15-23(34)28(24(35)16-21)31(42)44-2/h3-9,14-17,43H,10-13H2,1-2H3. The summed E-state index contributed by atoms with van der Waals surface area (Å²) in [7, 11) is 1.01. The molecule has 224 valence electrons. The van der Waals surface area contributed by atoms with Gasteiger partial charge in [0.05, 0.1) is 35.8 Å². The molecule has 1 aliphatic heterocycles. The van der Waals surface area contributed by atoms with Crippen molar-refractivity contribution in [1.82, 2.24) is 24.9 Å². The van der Waals surface area contributed by atoms with Crippen LogP contribution < -0.4 is 0 Å². The summed E-state index contributed by atoms with van der Waals surface area (Å²) in [6.45, 7) is 2.09. The third kappa shape index (κ3) is 5.06. The molecule has 0 aliphatic carbocycles.